The Balaban J connectivity index is 2.41. The van der Waals surface area contributed by atoms with Crippen molar-refractivity contribution in [3.63, 3.8) is 0 Å². The summed E-state index contributed by atoms with van der Waals surface area (Å²) in [7, 11) is 2.46. The van der Waals surface area contributed by atoms with Crippen molar-refractivity contribution in [3.8, 4) is 17.2 Å². The number of methoxy groups -OCH3 is 4. The maximum atomic E-state index is 12.8. The Labute approximate surface area is 194 Å². The van der Waals surface area contributed by atoms with Crippen molar-refractivity contribution in [2.45, 2.75) is 22.7 Å². The number of rotatable bonds is 10. The summed E-state index contributed by atoms with van der Waals surface area (Å²) in [5.74, 6) is 1.19. The second kappa shape index (κ2) is 10.3. The van der Waals surface area contributed by atoms with Gasteiger partial charge in [-0.15, -0.1) is 0 Å². The predicted octanol–water partition coefficient (Wildman–Crippen LogP) is 1.75. The summed E-state index contributed by atoms with van der Waals surface area (Å²) < 4.78 is 60.4. The standard InChI is InChI=1S/C23H31NO8S/c1-27-17-12-15(13-18(28-2)21(17)30-4)23(16-8-6-7-9-20(16)33(5,25)26)22(31-11-10-24)19(29-3)14-32-23/h6-9,12-13,19,22H,10-11,14,24H2,1-5H3. The fraction of sp³-hybridized carbons (Fsp3) is 0.478. The highest BCUT2D eigenvalue weighted by Gasteiger charge is 2.55. The van der Waals surface area contributed by atoms with Crippen LogP contribution >= 0.6 is 0 Å². The van der Waals surface area contributed by atoms with Crippen LogP contribution in [0, 0.1) is 0 Å². The van der Waals surface area contributed by atoms with Gasteiger partial charge in [0, 0.05) is 25.5 Å². The third-order valence-electron chi connectivity index (χ3n) is 5.71. The maximum Gasteiger partial charge on any atom is 0.203 e. The molecule has 10 heteroatoms. The largest absolute Gasteiger partial charge is 0.493 e. The quantitative estimate of drug-likeness (QED) is 0.542. The van der Waals surface area contributed by atoms with E-state index in [4.69, 9.17) is 34.2 Å². The van der Waals surface area contributed by atoms with E-state index in [1.54, 1.807) is 43.5 Å². The molecule has 0 saturated carbocycles. The zero-order chi connectivity index (χ0) is 24.2. The van der Waals surface area contributed by atoms with Gasteiger partial charge in [-0.2, -0.15) is 0 Å². The zero-order valence-corrected chi connectivity index (χ0v) is 20.3. The summed E-state index contributed by atoms with van der Waals surface area (Å²) in [6.45, 7) is 0.660. The van der Waals surface area contributed by atoms with Crippen molar-refractivity contribution in [1.82, 2.24) is 0 Å². The summed E-state index contributed by atoms with van der Waals surface area (Å²) in [6, 6.07) is 10.2. The number of hydrogen-bond acceptors (Lipinski definition) is 9. The van der Waals surface area contributed by atoms with Crippen LogP contribution in [-0.2, 0) is 29.6 Å². The number of benzene rings is 2. The minimum Gasteiger partial charge on any atom is -0.493 e. The molecule has 1 saturated heterocycles. The number of ether oxygens (including phenoxy) is 6. The molecular weight excluding hydrogens is 450 g/mol. The molecule has 0 amide bonds. The first-order valence-corrected chi connectivity index (χ1v) is 12.3. The van der Waals surface area contributed by atoms with Crippen LogP contribution in [0.5, 0.6) is 17.2 Å². The lowest BCUT2D eigenvalue weighted by molar-refractivity contribution is -0.0844. The third-order valence-corrected chi connectivity index (χ3v) is 6.87. The molecule has 9 nitrogen and oxygen atoms in total. The first-order chi connectivity index (χ1) is 15.8. The van der Waals surface area contributed by atoms with Gasteiger partial charge in [0.2, 0.25) is 5.75 Å². The molecule has 3 rings (SSSR count). The van der Waals surface area contributed by atoms with Crippen molar-refractivity contribution >= 4 is 9.84 Å². The molecule has 1 fully saturated rings. The normalized spacial score (nSPS) is 22.8. The molecule has 2 aromatic rings. The fourth-order valence-corrected chi connectivity index (χ4v) is 5.23. The molecule has 3 unspecified atom stereocenters. The van der Waals surface area contributed by atoms with Crippen molar-refractivity contribution in [1.29, 1.82) is 0 Å². The molecule has 3 atom stereocenters. The third kappa shape index (κ3) is 4.53. The van der Waals surface area contributed by atoms with Crippen LogP contribution in [0.3, 0.4) is 0 Å². The van der Waals surface area contributed by atoms with E-state index in [2.05, 4.69) is 0 Å². The second-order valence-corrected chi connectivity index (χ2v) is 9.57. The minimum absolute atomic E-state index is 0.122. The van der Waals surface area contributed by atoms with E-state index in [1.807, 2.05) is 0 Å². The Bertz CT molecular complexity index is 1050. The molecule has 1 aliphatic rings. The van der Waals surface area contributed by atoms with E-state index in [1.165, 1.54) is 21.3 Å². The molecule has 2 N–H and O–H groups in total. The molecule has 1 aliphatic heterocycles. The van der Waals surface area contributed by atoms with Crippen molar-refractivity contribution in [3.05, 3.63) is 47.5 Å². The predicted molar refractivity (Wildman–Crippen MR) is 122 cm³/mol. The van der Waals surface area contributed by atoms with Gasteiger partial charge >= 0.3 is 0 Å². The Hall–Kier alpha value is -2.37. The summed E-state index contributed by atoms with van der Waals surface area (Å²) in [5.41, 5.74) is 5.35. The molecule has 0 bridgehead atoms. The smallest absolute Gasteiger partial charge is 0.203 e. The fourth-order valence-electron chi connectivity index (χ4n) is 4.28. The topological polar surface area (TPSA) is 116 Å². The average molecular weight is 482 g/mol. The molecule has 0 spiro atoms. The highest BCUT2D eigenvalue weighted by atomic mass is 32.2. The van der Waals surface area contributed by atoms with E-state index < -0.39 is 27.6 Å². The van der Waals surface area contributed by atoms with Crippen LogP contribution in [0.25, 0.3) is 0 Å². The van der Waals surface area contributed by atoms with Gasteiger partial charge in [-0.3, -0.25) is 0 Å². The van der Waals surface area contributed by atoms with Gasteiger partial charge in [0.1, 0.15) is 17.8 Å². The van der Waals surface area contributed by atoms with E-state index in [0.717, 1.165) is 6.26 Å². The van der Waals surface area contributed by atoms with Gasteiger partial charge < -0.3 is 34.2 Å². The van der Waals surface area contributed by atoms with Crippen molar-refractivity contribution < 1.29 is 36.8 Å². The zero-order valence-electron chi connectivity index (χ0n) is 19.5. The van der Waals surface area contributed by atoms with Gasteiger partial charge in [-0.1, -0.05) is 18.2 Å². The van der Waals surface area contributed by atoms with Crippen LogP contribution in [0.15, 0.2) is 41.3 Å². The van der Waals surface area contributed by atoms with Crippen LogP contribution in [0.4, 0.5) is 0 Å². The molecule has 33 heavy (non-hydrogen) atoms. The van der Waals surface area contributed by atoms with E-state index in [9.17, 15) is 8.42 Å². The summed E-state index contributed by atoms with van der Waals surface area (Å²) in [5, 5.41) is 0. The maximum absolute atomic E-state index is 12.8. The van der Waals surface area contributed by atoms with Crippen LogP contribution in [0.1, 0.15) is 11.1 Å². The second-order valence-electron chi connectivity index (χ2n) is 7.58. The minimum atomic E-state index is -3.62. The molecule has 2 aromatic carbocycles. The van der Waals surface area contributed by atoms with Crippen LogP contribution < -0.4 is 19.9 Å². The van der Waals surface area contributed by atoms with Gasteiger partial charge in [-0.25, -0.2) is 8.42 Å². The number of sulfone groups is 1. The molecular formula is C23H31NO8S. The van der Waals surface area contributed by atoms with Gasteiger partial charge in [0.15, 0.2) is 21.3 Å². The Morgan fingerprint density at radius 3 is 2.21 bits per heavy atom. The van der Waals surface area contributed by atoms with Gasteiger partial charge in [0.25, 0.3) is 0 Å². The molecule has 1 heterocycles. The lowest BCUT2D eigenvalue weighted by Crippen LogP contribution is -2.45. The first-order valence-electron chi connectivity index (χ1n) is 10.4. The molecule has 0 aliphatic carbocycles. The van der Waals surface area contributed by atoms with Gasteiger partial charge in [0.05, 0.1) is 39.4 Å². The summed E-state index contributed by atoms with van der Waals surface area (Å²) >= 11 is 0. The number of hydrogen-bond donors (Lipinski definition) is 1. The van der Waals surface area contributed by atoms with Crippen LogP contribution in [-0.4, -0.2) is 75.1 Å². The highest BCUT2D eigenvalue weighted by molar-refractivity contribution is 7.90. The van der Waals surface area contributed by atoms with Crippen molar-refractivity contribution in [2.75, 3.05) is 54.5 Å². The SMILES string of the molecule is COc1cc(C2(c3ccccc3S(C)(=O)=O)OCC(OC)C2OCCN)cc(OC)c1OC. The monoisotopic (exact) mass is 481 g/mol. The lowest BCUT2D eigenvalue weighted by Gasteiger charge is -2.37. The van der Waals surface area contributed by atoms with Crippen LogP contribution in [0.2, 0.25) is 0 Å². The Morgan fingerprint density at radius 2 is 1.70 bits per heavy atom. The average Bonchev–Trinajstić information content (AvgIpc) is 3.20. The van der Waals surface area contributed by atoms with E-state index in [-0.39, 0.29) is 24.7 Å². The van der Waals surface area contributed by atoms with Gasteiger partial charge in [-0.05, 0) is 23.8 Å². The Kier molecular flexibility index (Phi) is 7.86. The highest BCUT2D eigenvalue weighted by Crippen LogP contribution is 2.50. The molecule has 0 radical (unpaired) electrons. The van der Waals surface area contributed by atoms with E-state index >= 15 is 0 Å². The first kappa shape index (κ1) is 25.3. The van der Waals surface area contributed by atoms with E-state index in [0.29, 0.717) is 28.4 Å². The molecule has 182 valence electrons. The lowest BCUT2D eigenvalue weighted by atomic mass is 9.80. The summed E-state index contributed by atoms with van der Waals surface area (Å²) in [6.07, 6.45) is -0.0345. The molecule has 0 aromatic heterocycles. The summed E-state index contributed by atoms with van der Waals surface area (Å²) in [4.78, 5) is 0.122. The van der Waals surface area contributed by atoms with Crippen molar-refractivity contribution in [2.24, 2.45) is 5.73 Å². The number of nitrogens with two attached hydrogens (primary N) is 1. The Morgan fingerprint density at radius 1 is 1.06 bits per heavy atom.